The van der Waals surface area contributed by atoms with Gasteiger partial charge in [0.2, 0.25) is 0 Å². The van der Waals surface area contributed by atoms with Crippen molar-refractivity contribution in [2.24, 2.45) is 0 Å². The number of benzene rings is 1. The molecule has 0 aromatic heterocycles. The number of aryl methyl sites for hydroxylation is 1. The number of carbonyl (C=O) groups excluding carboxylic acids is 1. The largest absolute Gasteiger partial charge is 0.294 e. The molecule has 0 aliphatic heterocycles. The van der Waals surface area contributed by atoms with Crippen LogP contribution in [-0.2, 0) is 6.42 Å². The summed E-state index contributed by atoms with van der Waals surface area (Å²) in [5.74, 6) is 0.262. The summed E-state index contributed by atoms with van der Waals surface area (Å²) in [5, 5.41) is 0.813. The molecule has 1 aromatic carbocycles. The van der Waals surface area contributed by atoms with Gasteiger partial charge in [0, 0.05) is 17.0 Å². The number of fused-ring (bicyclic) bond motifs is 1. The van der Waals surface area contributed by atoms with Crippen LogP contribution in [0.15, 0.2) is 6.07 Å². The van der Waals surface area contributed by atoms with Gasteiger partial charge >= 0.3 is 0 Å². The first kappa shape index (κ1) is 8.76. The highest BCUT2D eigenvalue weighted by atomic mass is 35.5. The third kappa shape index (κ3) is 1.19. The zero-order valence-corrected chi connectivity index (χ0v) is 8.53. The number of rotatable bonds is 0. The molecule has 0 fully saturated rings. The quantitative estimate of drug-likeness (QED) is 0.621. The lowest BCUT2D eigenvalue weighted by atomic mass is 10.0. The average molecular weight is 195 g/mol. The molecule has 68 valence electrons. The van der Waals surface area contributed by atoms with Gasteiger partial charge in [0.15, 0.2) is 5.78 Å². The van der Waals surface area contributed by atoms with Crippen LogP contribution >= 0.6 is 11.6 Å². The Morgan fingerprint density at radius 1 is 1.31 bits per heavy atom. The van der Waals surface area contributed by atoms with Crippen LogP contribution in [0.2, 0.25) is 5.02 Å². The van der Waals surface area contributed by atoms with Crippen molar-refractivity contribution in [3.8, 4) is 0 Å². The fourth-order valence-corrected chi connectivity index (χ4v) is 2.11. The Morgan fingerprint density at radius 2 is 2.00 bits per heavy atom. The molecule has 0 spiro atoms. The third-order valence-corrected chi connectivity index (χ3v) is 3.30. The van der Waals surface area contributed by atoms with Crippen LogP contribution in [0.25, 0.3) is 0 Å². The predicted molar refractivity (Wildman–Crippen MR) is 53.6 cm³/mol. The second-order valence-corrected chi connectivity index (χ2v) is 3.96. The van der Waals surface area contributed by atoms with Crippen LogP contribution in [-0.4, -0.2) is 5.78 Å². The summed E-state index contributed by atoms with van der Waals surface area (Å²) in [6.07, 6.45) is 1.51. The van der Waals surface area contributed by atoms with Crippen LogP contribution in [0.4, 0.5) is 0 Å². The molecule has 0 bridgehead atoms. The van der Waals surface area contributed by atoms with Crippen molar-refractivity contribution in [2.45, 2.75) is 26.7 Å². The van der Waals surface area contributed by atoms with Crippen molar-refractivity contribution >= 4 is 17.4 Å². The Morgan fingerprint density at radius 3 is 2.69 bits per heavy atom. The fourth-order valence-electron chi connectivity index (χ4n) is 1.94. The second-order valence-electron chi connectivity index (χ2n) is 3.58. The van der Waals surface area contributed by atoms with Crippen molar-refractivity contribution in [1.82, 2.24) is 0 Å². The molecule has 2 heteroatoms. The van der Waals surface area contributed by atoms with E-state index in [1.165, 1.54) is 0 Å². The molecule has 1 aliphatic carbocycles. The summed E-state index contributed by atoms with van der Waals surface area (Å²) >= 11 is 6.10. The Bertz CT molecular complexity index is 394. The highest BCUT2D eigenvalue weighted by molar-refractivity contribution is 6.32. The lowest BCUT2D eigenvalue weighted by Gasteiger charge is -2.07. The number of hydrogen-bond donors (Lipinski definition) is 0. The van der Waals surface area contributed by atoms with Gasteiger partial charge in [0.1, 0.15) is 0 Å². The molecule has 1 aliphatic rings. The monoisotopic (exact) mass is 194 g/mol. The highest BCUT2D eigenvalue weighted by Gasteiger charge is 2.22. The van der Waals surface area contributed by atoms with Gasteiger partial charge in [-0.15, -0.1) is 0 Å². The summed E-state index contributed by atoms with van der Waals surface area (Å²) in [4.78, 5) is 11.4. The molecular weight excluding hydrogens is 184 g/mol. The maximum Gasteiger partial charge on any atom is 0.163 e. The number of carbonyl (C=O) groups is 1. The van der Waals surface area contributed by atoms with E-state index in [1.54, 1.807) is 0 Å². The summed E-state index contributed by atoms with van der Waals surface area (Å²) in [7, 11) is 0. The first-order chi connectivity index (χ1) is 6.11. The summed E-state index contributed by atoms with van der Waals surface area (Å²) in [6.45, 7) is 3.94. The number of Topliss-reactive ketones (excluding diaryl/α,β-unsaturated/α-hetero) is 1. The van der Waals surface area contributed by atoms with Crippen molar-refractivity contribution in [3.05, 3.63) is 33.3 Å². The molecule has 1 nitrogen and oxygen atoms in total. The molecule has 0 radical (unpaired) electrons. The van der Waals surface area contributed by atoms with E-state index in [1.807, 2.05) is 19.9 Å². The molecule has 0 atom stereocenters. The molecule has 1 aromatic rings. The van der Waals surface area contributed by atoms with Gasteiger partial charge in [-0.05, 0) is 43.0 Å². The van der Waals surface area contributed by atoms with Crippen molar-refractivity contribution in [2.75, 3.05) is 0 Å². The average Bonchev–Trinajstić information content (AvgIpc) is 2.45. The highest BCUT2D eigenvalue weighted by Crippen LogP contribution is 2.32. The second kappa shape index (κ2) is 2.85. The maximum absolute atomic E-state index is 11.4. The number of hydrogen-bond acceptors (Lipinski definition) is 1. The predicted octanol–water partition coefficient (Wildman–Crippen LogP) is 3.09. The van der Waals surface area contributed by atoms with E-state index in [-0.39, 0.29) is 5.78 Å². The Kier molecular flexibility index (Phi) is 1.92. The van der Waals surface area contributed by atoms with Gasteiger partial charge in [-0.1, -0.05) is 11.6 Å². The minimum Gasteiger partial charge on any atom is -0.294 e. The van der Waals surface area contributed by atoms with Crippen LogP contribution in [0, 0.1) is 13.8 Å². The zero-order chi connectivity index (χ0) is 9.59. The topological polar surface area (TPSA) is 17.1 Å². The first-order valence-electron chi connectivity index (χ1n) is 4.43. The number of halogens is 1. The van der Waals surface area contributed by atoms with Gasteiger partial charge in [-0.25, -0.2) is 0 Å². The molecule has 0 saturated carbocycles. The molecule has 13 heavy (non-hydrogen) atoms. The molecule has 0 heterocycles. The van der Waals surface area contributed by atoms with Gasteiger partial charge in [-0.3, -0.25) is 4.79 Å². The molecule has 0 N–H and O–H groups in total. The first-order valence-corrected chi connectivity index (χ1v) is 4.81. The normalized spacial score (nSPS) is 14.8. The Balaban J connectivity index is 2.74. The van der Waals surface area contributed by atoms with Crippen LogP contribution in [0.3, 0.4) is 0 Å². The number of ketones is 1. The smallest absolute Gasteiger partial charge is 0.163 e. The molecule has 0 saturated heterocycles. The van der Waals surface area contributed by atoms with E-state index in [0.717, 1.165) is 33.7 Å². The minimum absolute atomic E-state index is 0.262. The van der Waals surface area contributed by atoms with Crippen LogP contribution < -0.4 is 0 Å². The lowest BCUT2D eigenvalue weighted by Crippen LogP contribution is -1.95. The third-order valence-electron chi connectivity index (χ3n) is 2.72. The van der Waals surface area contributed by atoms with E-state index in [0.29, 0.717) is 6.42 Å². The van der Waals surface area contributed by atoms with E-state index < -0.39 is 0 Å². The molecule has 0 unspecified atom stereocenters. The fraction of sp³-hybridized carbons (Fsp3) is 0.364. The van der Waals surface area contributed by atoms with Crippen molar-refractivity contribution in [1.29, 1.82) is 0 Å². The van der Waals surface area contributed by atoms with E-state index in [2.05, 4.69) is 0 Å². The van der Waals surface area contributed by atoms with E-state index in [9.17, 15) is 4.79 Å². The summed E-state index contributed by atoms with van der Waals surface area (Å²) in [6, 6.07) is 1.92. The standard InChI is InChI=1S/C11H11ClO/c1-6-5-9-8(3-4-10(9)13)7(2)11(6)12/h5H,3-4H2,1-2H3. The molecule has 0 amide bonds. The zero-order valence-electron chi connectivity index (χ0n) is 7.78. The summed E-state index contributed by atoms with van der Waals surface area (Å²) in [5.41, 5.74) is 4.13. The van der Waals surface area contributed by atoms with E-state index >= 15 is 0 Å². The van der Waals surface area contributed by atoms with E-state index in [4.69, 9.17) is 11.6 Å². The van der Waals surface area contributed by atoms with Crippen molar-refractivity contribution in [3.63, 3.8) is 0 Å². The van der Waals surface area contributed by atoms with Gasteiger partial charge in [0.25, 0.3) is 0 Å². The molecular formula is C11H11ClO. The van der Waals surface area contributed by atoms with Gasteiger partial charge in [0.05, 0.1) is 0 Å². The van der Waals surface area contributed by atoms with Crippen LogP contribution in [0.5, 0.6) is 0 Å². The minimum atomic E-state index is 0.262. The molecule has 2 rings (SSSR count). The Hall–Kier alpha value is -0.820. The maximum atomic E-state index is 11.4. The van der Waals surface area contributed by atoms with Gasteiger partial charge < -0.3 is 0 Å². The Labute approximate surface area is 82.7 Å². The lowest BCUT2D eigenvalue weighted by molar-refractivity contribution is 0.0994. The van der Waals surface area contributed by atoms with Crippen LogP contribution in [0.1, 0.15) is 33.5 Å². The van der Waals surface area contributed by atoms with Gasteiger partial charge in [-0.2, -0.15) is 0 Å². The SMILES string of the molecule is Cc1cc2c(c(C)c1Cl)CCC2=O. The van der Waals surface area contributed by atoms with Crippen molar-refractivity contribution < 1.29 is 4.79 Å². The summed E-state index contributed by atoms with van der Waals surface area (Å²) < 4.78 is 0.